The molecule has 4 aromatic rings. The lowest BCUT2D eigenvalue weighted by Gasteiger charge is -2.15. The highest BCUT2D eigenvalue weighted by molar-refractivity contribution is 5.82. The van der Waals surface area contributed by atoms with Crippen molar-refractivity contribution in [2.75, 3.05) is 26.2 Å². The molecule has 0 spiro atoms. The fourth-order valence-electron chi connectivity index (χ4n) is 5.26. The van der Waals surface area contributed by atoms with Gasteiger partial charge >= 0.3 is 0 Å². The third kappa shape index (κ3) is 4.13. The van der Waals surface area contributed by atoms with Crippen LogP contribution in [0, 0.1) is 0 Å². The van der Waals surface area contributed by atoms with Gasteiger partial charge in [0.1, 0.15) is 5.75 Å². The predicted octanol–water partition coefficient (Wildman–Crippen LogP) is 5.21. The second-order valence-corrected chi connectivity index (χ2v) is 9.44. The van der Waals surface area contributed by atoms with Crippen LogP contribution in [-0.4, -0.2) is 46.4 Å². The Balaban J connectivity index is 1.16. The van der Waals surface area contributed by atoms with Gasteiger partial charge in [0.25, 0.3) is 0 Å². The van der Waals surface area contributed by atoms with E-state index in [9.17, 15) is 5.11 Å². The van der Waals surface area contributed by atoms with Gasteiger partial charge in [0.05, 0.1) is 11.4 Å². The van der Waals surface area contributed by atoms with Gasteiger partial charge in [-0.2, -0.15) is 5.10 Å². The number of rotatable bonds is 7. The summed E-state index contributed by atoms with van der Waals surface area (Å²) in [6.45, 7) is 5.59. The number of aromatic amines is 1. The molecular weight excluding hydrogens is 420 g/mol. The van der Waals surface area contributed by atoms with Gasteiger partial charge in [-0.3, -0.25) is 5.10 Å². The molecule has 0 saturated carbocycles. The fraction of sp³-hybridized carbons (Fsp3) is 0.276. The van der Waals surface area contributed by atoms with E-state index >= 15 is 0 Å². The summed E-state index contributed by atoms with van der Waals surface area (Å²) in [6, 6.07) is 22.7. The lowest BCUT2D eigenvalue weighted by molar-refractivity contribution is 0.335. The van der Waals surface area contributed by atoms with Crippen molar-refractivity contribution in [2.45, 2.75) is 25.8 Å². The number of hydrogen-bond acceptors (Lipinski definition) is 4. The number of benzene rings is 3. The van der Waals surface area contributed by atoms with E-state index in [0.717, 1.165) is 54.1 Å². The van der Waals surface area contributed by atoms with Crippen LogP contribution in [-0.2, 0) is 13.0 Å². The molecule has 1 aliphatic carbocycles. The third-order valence-electron chi connectivity index (χ3n) is 7.17. The van der Waals surface area contributed by atoms with Crippen LogP contribution in [0.25, 0.3) is 33.6 Å². The monoisotopic (exact) mass is 450 g/mol. The lowest BCUT2D eigenvalue weighted by atomic mass is 10.0. The zero-order chi connectivity index (χ0) is 22.9. The van der Waals surface area contributed by atoms with Crippen molar-refractivity contribution in [3.05, 3.63) is 83.4 Å². The first-order valence-corrected chi connectivity index (χ1v) is 12.3. The number of phenolic OH excluding ortho intramolecular Hbond substituents is 1. The Morgan fingerprint density at radius 3 is 2.35 bits per heavy atom. The summed E-state index contributed by atoms with van der Waals surface area (Å²) in [5.74, 6) is 0.285. The molecule has 0 radical (unpaired) electrons. The molecule has 6 rings (SSSR count). The van der Waals surface area contributed by atoms with Gasteiger partial charge in [-0.05, 0) is 66.4 Å². The van der Waals surface area contributed by atoms with Gasteiger partial charge in [0, 0.05) is 42.7 Å². The molecule has 2 heterocycles. The molecule has 0 amide bonds. The van der Waals surface area contributed by atoms with E-state index in [1.807, 2.05) is 12.1 Å². The molecule has 0 bridgehead atoms. The second-order valence-electron chi connectivity index (χ2n) is 9.44. The lowest BCUT2D eigenvalue weighted by Crippen LogP contribution is -2.29. The first-order valence-electron chi connectivity index (χ1n) is 12.3. The molecule has 172 valence electrons. The van der Waals surface area contributed by atoms with E-state index in [1.54, 1.807) is 12.1 Å². The summed E-state index contributed by atoms with van der Waals surface area (Å²) in [5, 5.41) is 21.2. The van der Waals surface area contributed by atoms with Crippen LogP contribution in [0.2, 0.25) is 0 Å². The zero-order valence-corrected chi connectivity index (χ0v) is 19.3. The number of H-pyrrole nitrogens is 1. The highest BCUT2D eigenvalue weighted by atomic mass is 16.3. The first-order chi connectivity index (χ1) is 16.7. The van der Waals surface area contributed by atoms with Crippen molar-refractivity contribution < 1.29 is 5.11 Å². The minimum absolute atomic E-state index is 0.285. The average molecular weight is 451 g/mol. The van der Waals surface area contributed by atoms with Crippen molar-refractivity contribution >= 4 is 0 Å². The van der Waals surface area contributed by atoms with Crippen molar-refractivity contribution in [2.24, 2.45) is 0 Å². The average Bonchev–Trinajstić information content (AvgIpc) is 3.60. The Labute approximate surface area is 200 Å². The maximum absolute atomic E-state index is 9.53. The van der Waals surface area contributed by atoms with E-state index in [-0.39, 0.29) is 5.75 Å². The second kappa shape index (κ2) is 9.09. The standard InChI is InChI=1S/C29H30N4O/c34-25-11-9-22(10-12-25)21-5-7-23(8-6-21)28-27-18-24-4-3-20(17-26(24)29(27)32-31-28)19-30-13-16-33-14-1-2-15-33/h3-12,17,30,34H,1-2,13-16,18-19H2,(H,31,32). The van der Waals surface area contributed by atoms with E-state index in [1.165, 1.54) is 48.2 Å². The van der Waals surface area contributed by atoms with Crippen molar-refractivity contribution in [1.82, 2.24) is 20.4 Å². The van der Waals surface area contributed by atoms with Crippen LogP contribution in [0.15, 0.2) is 66.7 Å². The van der Waals surface area contributed by atoms with Gasteiger partial charge in [0.2, 0.25) is 0 Å². The number of nitrogens with zero attached hydrogens (tertiary/aromatic N) is 2. The Morgan fingerprint density at radius 1 is 0.882 bits per heavy atom. The van der Waals surface area contributed by atoms with Gasteiger partial charge in [-0.1, -0.05) is 48.5 Å². The van der Waals surface area contributed by atoms with Gasteiger partial charge in [-0.15, -0.1) is 0 Å². The highest BCUT2D eigenvalue weighted by Gasteiger charge is 2.25. The number of fused-ring (bicyclic) bond motifs is 3. The number of likely N-dealkylation sites (tertiary alicyclic amines) is 1. The molecule has 3 N–H and O–H groups in total. The van der Waals surface area contributed by atoms with E-state index in [0.29, 0.717) is 0 Å². The fourth-order valence-corrected chi connectivity index (χ4v) is 5.26. The molecule has 5 heteroatoms. The molecule has 34 heavy (non-hydrogen) atoms. The van der Waals surface area contributed by atoms with Gasteiger partial charge in [0.15, 0.2) is 0 Å². The first kappa shape index (κ1) is 21.1. The third-order valence-corrected chi connectivity index (χ3v) is 7.17. The van der Waals surface area contributed by atoms with Crippen LogP contribution in [0.5, 0.6) is 5.75 Å². The number of nitrogens with one attached hydrogen (secondary N) is 2. The molecular formula is C29H30N4O. The maximum Gasteiger partial charge on any atom is 0.115 e. The SMILES string of the molecule is Oc1ccc(-c2ccc(-c3n[nH]c4c3Cc3ccc(CNCCN5CCCC5)cc3-4)cc2)cc1. The minimum atomic E-state index is 0.285. The summed E-state index contributed by atoms with van der Waals surface area (Å²) in [5.41, 5.74) is 10.8. The Hall–Kier alpha value is -3.41. The van der Waals surface area contributed by atoms with E-state index < -0.39 is 0 Å². The molecule has 2 aliphatic rings. The summed E-state index contributed by atoms with van der Waals surface area (Å²) >= 11 is 0. The topological polar surface area (TPSA) is 64.2 Å². The number of aromatic nitrogens is 2. The number of aromatic hydroxyl groups is 1. The largest absolute Gasteiger partial charge is 0.508 e. The van der Waals surface area contributed by atoms with Crippen LogP contribution in [0.4, 0.5) is 0 Å². The van der Waals surface area contributed by atoms with Crippen molar-refractivity contribution in [3.8, 4) is 39.4 Å². The Kier molecular flexibility index (Phi) is 5.65. The predicted molar refractivity (Wildman–Crippen MR) is 137 cm³/mol. The summed E-state index contributed by atoms with van der Waals surface area (Å²) in [7, 11) is 0. The van der Waals surface area contributed by atoms with Crippen LogP contribution in [0.3, 0.4) is 0 Å². The number of phenols is 1. The van der Waals surface area contributed by atoms with Crippen molar-refractivity contribution in [3.63, 3.8) is 0 Å². The van der Waals surface area contributed by atoms with E-state index in [2.05, 4.69) is 57.8 Å². The Bertz CT molecular complexity index is 1280. The summed E-state index contributed by atoms with van der Waals surface area (Å²) in [4.78, 5) is 2.55. The molecule has 1 saturated heterocycles. The number of hydrogen-bond donors (Lipinski definition) is 3. The smallest absolute Gasteiger partial charge is 0.115 e. The van der Waals surface area contributed by atoms with Gasteiger partial charge < -0.3 is 15.3 Å². The van der Waals surface area contributed by atoms with Gasteiger partial charge in [-0.25, -0.2) is 0 Å². The Morgan fingerprint density at radius 2 is 1.59 bits per heavy atom. The molecule has 0 unspecified atom stereocenters. The summed E-state index contributed by atoms with van der Waals surface area (Å²) < 4.78 is 0. The molecule has 1 fully saturated rings. The molecule has 1 aromatic heterocycles. The molecule has 0 atom stereocenters. The van der Waals surface area contributed by atoms with Crippen molar-refractivity contribution in [1.29, 1.82) is 0 Å². The summed E-state index contributed by atoms with van der Waals surface area (Å²) in [6.07, 6.45) is 3.61. The quantitative estimate of drug-likeness (QED) is 0.298. The molecule has 1 aliphatic heterocycles. The molecule has 3 aromatic carbocycles. The zero-order valence-electron chi connectivity index (χ0n) is 19.3. The molecule has 5 nitrogen and oxygen atoms in total. The van der Waals surface area contributed by atoms with Crippen LogP contribution >= 0.6 is 0 Å². The van der Waals surface area contributed by atoms with Crippen LogP contribution < -0.4 is 5.32 Å². The maximum atomic E-state index is 9.53. The normalized spacial score (nSPS) is 14.9. The van der Waals surface area contributed by atoms with Crippen LogP contribution in [0.1, 0.15) is 29.5 Å². The minimum Gasteiger partial charge on any atom is -0.508 e. The van der Waals surface area contributed by atoms with E-state index in [4.69, 9.17) is 5.10 Å². The highest BCUT2D eigenvalue weighted by Crippen LogP contribution is 2.40.